The number of aromatic nitrogens is 2. The lowest BCUT2D eigenvalue weighted by Crippen LogP contribution is -2.04. The number of thiophene rings is 1. The van der Waals surface area contributed by atoms with E-state index in [9.17, 15) is 9.18 Å². The van der Waals surface area contributed by atoms with Gasteiger partial charge in [-0.2, -0.15) is 11.3 Å². The van der Waals surface area contributed by atoms with Crippen LogP contribution in [0.25, 0.3) is 11.0 Å². The lowest BCUT2D eigenvalue weighted by molar-refractivity contribution is -0.133. The fourth-order valence-electron chi connectivity index (χ4n) is 2.04. The van der Waals surface area contributed by atoms with Crippen molar-refractivity contribution in [2.75, 3.05) is 5.75 Å². The van der Waals surface area contributed by atoms with Gasteiger partial charge < -0.3 is 9.67 Å². The smallest absolute Gasteiger partial charge is 0.313 e. The molecule has 0 spiro atoms. The number of nitrogens with zero attached hydrogens (tertiary/aromatic N) is 2. The van der Waals surface area contributed by atoms with Gasteiger partial charge in [-0.05, 0) is 34.5 Å². The third kappa shape index (κ3) is 3.08. The Labute approximate surface area is 128 Å². The highest BCUT2D eigenvalue weighted by molar-refractivity contribution is 7.99. The van der Waals surface area contributed by atoms with E-state index in [2.05, 4.69) is 4.98 Å². The van der Waals surface area contributed by atoms with Gasteiger partial charge in [0.2, 0.25) is 0 Å². The van der Waals surface area contributed by atoms with Gasteiger partial charge in [-0.3, -0.25) is 4.79 Å². The quantitative estimate of drug-likeness (QED) is 0.731. The van der Waals surface area contributed by atoms with Crippen LogP contribution in [0.5, 0.6) is 0 Å². The molecule has 0 saturated carbocycles. The molecule has 0 aliphatic heterocycles. The standard InChI is InChI=1S/C14H11FN2O2S2/c15-10-1-2-12-11(5-10)16-14(21-8-13(18)19)17(12)6-9-3-4-20-7-9/h1-5,7H,6,8H2,(H,18,19). The van der Waals surface area contributed by atoms with Crippen molar-refractivity contribution in [1.82, 2.24) is 9.55 Å². The number of benzene rings is 1. The summed E-state index contributed by atoms with van der Waals surface area (Å²) >= 11 is 2.74. The molecule has 0 amide bonds. The molecule has 2 aromatic heterocycles. The van der Waals surface area contributed by atoms with Gasteiger partial charge >= 0.3 is 5.97 Å². The minimum absolute atomic E-state index is 0.0740. The van der Waals surface area contributed by atoms with Gasteiger partial charge in [0.15, 0.2) is 5.16 Å². The van der Waals surface area contributed by atoms with Crippen LogP contribution in [0.3, 0.4) is 0 Å². The van der Waals surface area contributed by atoms with Crippen molar-refractivity contribution in [1.29, 1.82) is 0 Å². The van der Waals surface area contributed by atoms with Crippen LogP contribution in [0.2, 0.25) is 0 Å². The maximum Gasteiger partial charge on any atom is 0.313 e. The summed E-state index contributed by atoms with van der Waals surface area (Å²) in [4.78, 5) is 15.1. The largest absolute Gasteiger partial charge is 0.481 e. The van der Waals surface area contributed by atoms with E-state index in [0.29, 0.717) is 17.2 Å². The van der Waals surface area contributed by atoms with Crippen molar-refractivity contribution in [2.24, 2.45) is 0 Å². The molecule has 0 atom stereocenters. The van der Waals surface area contributed by atoms with Crippen molar-refractivity contribution >= 4 is 40.1 Å². The molecule has 0 saturated heterocycles. The molecule has 0 fully saturated rings. The van der Waals surface area contributed by atoms with E-state index in [1.807, 2.05) is 21.4 Å². The molecular formula is C14H11FN2O2S2. The average molecular weight is 322 g/mol. The van der Waals surface area contributed by atoms with Crippen LogP contribution < -0.4 is 0 Å². The summed E-state index contributed by atoms with van der Waals surface area (Å²) in [7, 11) is 0. The molecule has 3 aromatic rings. The highest BCUT2D eigenvalue weighted by Crippen LogP contribution is 2.26. The normalized spacial score (nSPS) is 11.1. The summed E-state index contributed by atoms with van der Waals surface area (Å²) in [5.74, 6) is -1.33. The van der Waals surface area contributed by atoms with E-state index in [0.717, 1.165) is 22.8 Å². The van der Waals surface area contributed by atoms with Crippen LogP contribution in [0.15, 0.2) is 40.2 Å². The van der Waals surface area contributed by atoms with E-state index in [1.54, 1.807) is 17.4 Å². The van der Waals surface area contributed by atoms with E-state index in [-0.39, 0.29) is 11.6 Å². The van der Waals surface area contributed by atoms with E-state index in [4.69, 9.17) is 5.11 Å². The number of carboxylic acids is 1. The molecule has 0 radical (unpaired) electrons. The van der Waals surface area contributed by atoms with Crippen LogP contribution in [-0.4, -0.2) is 26.4 Å². The molecule has 7 heteroatoms. The van der Waals surface area contributed by atoms with Crippen molar-refractivity contribution in [2.45, 2.75) is 11.7 Å². The first kappa shape index (κ1) is 14.1. The van der Waals surface area contributed by atoms with Crippen LogP contribution in [0, 0.1) is 5.82 Å². The van der Waals surface area contributed by atoms with E-state index in [1.165, 1.54) is 12.1 Å². The van der Waals surface area contributed by atoms with E-state index < -0.39 is 5.97 Å². The first-order valence-corrected chi connectivity index (χ1v) is 8.08. The predicted octanol–water partition coefficient (Wildman–Crippen LogP) is 3.46. The van der Waals surface area contributed by atoms with Gasteiger partial charge in [-0.15, -0.1) is 0 Å². The zero-order chi connectivity index (χ0) is 14.8. The minimum Gasteiger partial charge on any atom is -0.481 e. The number of aliphatic carboxylic acids is 1. The van der Waals surface area contributed by atoms with E-state index >= 15 is 0 Å². The topological polar surface area (TPSA) is 55.1 Å². The van der Waals surface area contributed by atoms with Gasteiger partial charge in [0.25, 0.3) is 0 Å². The number of carboxylic acid groups (broad SMARTS) is 1. The third-order valence-corrected chi connectivity index (χ3v) is 4.61. The Morgan fingerprint density at radius 1 is 1.43 bits per heavy atom. The third-order valence-electron chi connectivity index (χ3n) is 2.92. The Kier molecular flexibility index (Phi) is 3.94. The number of imidazole rings is 1. The average Bonchev–Trinajstić information content (AvgIpc) is 3.05. The molecule has 2 heterocycles. The van der Waals surface area contributed by atoms with Crippen molar-refractivity contribution < 1.29 is 14.3 Å². The first-order chi connectivity index (χ1) is 10.1. The molecule has 0 unspecified atom stereocenters. The zero-order valence-electron chi connectivity index (χ0n) is 10.8. The molecule has 21 heavy (non-hydrogen) atoms. The molecule has 0 aliphatic carbocycles. The van der Waals surface area contributed by atoms with Crippen molar-refractivity contribution in [3.63, 3.8) is 0 Å². The second-order valence-electron chi connectivity index (χ2n) is 4.43. The molecule has 1 N–H and O–H groups in total. The Morgan fingerprint density at radius 3 is 3.00 bits per heavy atom. The van der Waals surface area contributed by atoms with Crippen LogP contribution in [0.4, 0.5) is 4.39 Å². The lowest BCUT2D eigenvalue weighted by atomic mass is 10.3. The summed E-state index contributed by atoms with van der Waals surface area (Å²) < 4.78 is 15.2. The van der Waals surface area contributed by atoms with Crippen LogP contribution in [0.1, 0.15) is 5.56 Å². The molecule has 0 aliphatic rings. The first-order valence-electron chi connectivity index (χ1n) is 6.15. The number of hydrogen-bond donors (Lipinski definition) is 1. The number of fused-ring (bicyclic) bond motifs is 1. The van der Waals surface area contributed by atoms with Crippen LogP contribution >= 0.6 is 23.1 Å². The van der Waals surface area contributed by atoms with Gasteiger partial charge in [-0.25, -0.2) is 9.37 Å². The number of carbonyl (C=O) groups is 1. The second kappa shape index (κ2) is 5.87. The Balaban J connectivity index is 2.03. The Bertz CT molecular complexity index is 784. The maximum atomic E-state index is 13.3. The second-order valence-corrected chi connectivity index (χ2v) is 6.15. The van der Waals surface area contributed by atoms with Gasteiger partial charge in [0.1, 0.15) is 5.82 Å². The fourth-order valence-corrected chi connectivity index (χ4v) is 3.43. The van der Waals surface area contributed by atoms with Crippen molar-refractivity contribution in [3.8, 4) is 0 Å². The molecule has 1 aromatic carbocycles. The lowest BCUT2D eigenvalue weighted by Gasteiger charge is -2.07. The van der Waals surface area contributed by atoms with Crippen molar-refractivity contribution in [3.05, 3.63) is 46.4 Å². The molecule has 108 valence electrons. The number of rotatable bonds is 5. The predicted molar refractivity (Wildman–Crippen MR) is 81.5 cm³/mol. The minimum atomic E-state index is -0.902. The van der Waals surface area contributed by atoms with Gasteiger partial charge in [0, 0.05) is 6.07 Å². The fraction of sp³-hybridized carbons (Fsp3) is 0.143. The maximum absolute atomic E-state index is 13.3. The highest BCUT2D eigenvalue weighted by atomic mass is 32.2. The number of thioether (sulfide) groups is 1. The molecule has 3 rings (SSSR count). The summed E-state index contributed by atoms with van der Waals surface area (Å²) in [5, 5.41) is 13.4. The molecule has 4 nitrogen and oxygen atoms in total. The highest BCUT2D eigenvalue weighted by Gasteiger charge is 2.14. The monoisotopic (exact) mass is 322 g/mol. The Morgan fingerprint density at radius 2 is 2.29 bits per heavy atom. The summed E-state index contributed by atoms with van der Waals surface area (Å²) in [5.41, 5.74) is 2.45. The summed E-state index contributed by atoms with van der Waals surface area (Å²) in [6.07, 6.45) is 0. The summed E-state index contributed by atoms with van der Waals surface area (Å²) in [6, 6.07) is 6.44. The Hall–Kier alpha value is -1.86. The number of hydrogen-bond acceptors (Lipinski definition) is 4. The van der Waals surface area contributed by atoms with Gasteiger partial charge in [0.05, 0.1) is 23.3 Å². The molecular weight excluding hydrogens is 311 g/mol. The molecule has 0 bridgehead atoms. The SMILES string of the molecule is O=C(O)CSc1nc2cc(F)ccc2n1Cc1ccsc1. The number of halogens is 1. The van der Waals surface area contributed by atoms with Crippen LogP contribution in [-0.2, 0) is 11.3 Å². The van der Waals surface area contributed by atoms with Gasteiger partial charge in [-0.1, -0.05) is 11.8 Å². The zero-order valence-corrected chi connectivity index (χ0v) is 12.5. The summed E-state index contributed by atoms with van der Waals surface area (Å²) in [6.45, 7) is 0.591.